The predicted molar refractivity (Wildman–Crippen MR) is 124 cm³/mol. The Morgan fingerprint density at radius 2 is 1.55 bits per heavy atom. The monoisotopic (exact) mass is 410 g/mol. The number of aryl methyl sites for hydroxylation is 1. The van der Waals surface area contributed by atoms with Gasteiger partial charge in [-0.05, 0) is 25.1 Å². The minimum absolute atomic E-state index is 0.0230. The van der Waals surface area contributed by atoms with E-state index in [1.165, 1.54) is 18.9 Å². The van der Waals surface area contributed by atoms with E-state index in [1.54, 1.807) is 18.2 Å². The summed E-state index contributed by atoms with van der Waals surface area (Å²) in [6.45, 7) is 2.05. The number of para-hydroxylation sites is 1. The van der Waals surface area contributed by atoms with E-state index in [9.17, 15) is 5.11 Å². The third kappa shape index (κ3) is 4.70. The van der Waals surface area contributed by atoms with Crippen LogP contribution in [0.2, 0.25) is 0 Å². The number of nitrogens with one attached hydrogen (secondary N) is 1. The quantitative estimate of drug-likeness (QED) is 0.334. The summed E-state index contributed by atoms with van der Waals surface area (Å²) in [4.78, 5) is 9.23. The number of ether oxygens (including phenoxy) is 1. The van der Waals surface area contributed by atoms with Crippen molar-refractivity contribution in [2.45, 2.75) is 6.92 Å². The number of phenolic OH excluding ortho intramolecular Hbond substituents is 1. The van der Waals surface area contributed by atoms with Crippen molar-refractivity contribution >= 4 is 12.2 Å². The van der Waals surface area contributed by atoms with Crippen molar-refractivity contribution in [3.05, 3.63) is 90.0 Å². The van der Waals surface area contributed by atoms with E-state index in [4.69, 9.17) is 4.74 Å². The van der Waals surface area contributed by atoms with Gasteiger partial charge in [-0.3, -0.25) is 0 Å². The number of phenols is 1. The van der Waals surface area contributed by atoms with Crippen LogP contribution in [-0.4, -0.2) is 28.4 Å². The maximum absolute atomic E-state index is 10.2. The van der Waals surface area contributed by atoms with Crippen LogP contribution in [0.15, 0.2) is 84.0 Å². The second kappa shape index (κ2) is 9.09. The Bertz CT molecular complexity index is 1210. The normalized spacial score (nSPS) is 10.9. The zero-order valence-electron chi connectivity index (χ0n) is 17.3. The lowest BCUT2D eigenvalue weighted by molar-refractivity contribution is 0.373. The molecule has 0 spiro atoms. The minimum Gasteiger partial charge on any atom is -0.504 e. The van der Waals surface area contributed by atoms with E-state index < -0.39 is 0 Å². The van der Waals surface area contributed by atoms with Crippen LogP contribution in [0.25, 0.3) is 22.5 Å². The Labute approximate surface area is 180 Å². The molecule has 3 aromatic carbocycles. The molecule has 0 bridgehead atoms. The molecule has 4 aromatic rings. The van der Waals surface area contributed by atoms with Gasteiger partial charge in [0.15, 0.2) is 11.5 Å². The second-order valence-corrected chi connectivity index (χ2v) is 6.96. The summed E-state index contributed by atoms with van der Waals surface area (Å²) in [7, 11) is 1.50. The number of benzene rings is 3. The molecule has 0 saturated heterocycles. The van der Waals surface area contributed by atoms with Gasteiger partial charge in [0.2, 0.25) is 5.95 Å². The summed E-state index contributed by atoms with van der Waals surface area (Å²) >= 11 is 0. The molecule has 0 unspecified atom stereocenters. The molecule has 6 heteroatoms. The smallest absolute Gasteiger partial charge is 0.244 e. The van der Waals surface area contributed by atoms with Gasteiger partial charge in [0.05, 0.1) is 24.7 Å². The highest BCUT2D eigenvalue weighted by Gasteiger charge is 2.09. The van der Waals surface area contributed by atoms with E-state index in [1.807, 2.05) is 48.5 Å². The Balaban J connectivity index is 1.68. The molecule has 1 heterocycles. The third-order valence-corrected chi connectivity index (χ3v) is 4.76. The molecule has 0 aliphatic heterocycles. The molecule has 0 saturated carbocycles. The van der Waals surface area contributed by atoms with Crippen molar-refractivity contribution in [1.82, 2.24) is 9.97 Å². The molecule has 1 aromatic heterocycles. The lowest BCUT2D eigenvalue weighted by Crippen LogP contribution is -2.00. The lowest BCUT2D eigenvalue weighted by Gasteiger charge is -2.09. The summed E-state index contributed by atoms with van der Waals surface area (Å²) in [6, 6.07) is 25.3. The Kier molecular flexibility index (Phi) is 5.89. The van der Waals surface area contributed by atoms with Crippen LogP contribution in [0, 0.1) is 6.92 Å². The van der Waals surface area contributed by atoms with Gasteiger partial charge in [-0.25, -0.2) is 15.4 Å². The fourth-order valence-corrected chi connectivity index (χ4v) is 3.09. The van der Waals surface area contributed by atoms with Gasteiger partial charge >= 0.3 is 0 Å². The average Bonchev–Trinajstić information content (AvgIpc) is 2.81. The fourth-order valence-electron chi connectivity index (χ4n) is 3.09. The van der Waals surface area contributed by atoms with E-state index in [-0.39, 0.29) is 5.75 Å². The van der Waals surface area contributed by atoms with E-state index in [0.29, 0.717) is 17.3 Å². The van der Waals surface area contributed by atoms with Crippen molar-refractivity contribution in [1.29, 1.82) is 0 Å². The van der Waals surface area contributed by atoms with Crippen molar-refractivity contribution in [2.24, 2.45) is 5.10 Å². The van der Waals surface area contributed by atoms with Gasteiger partial charge in [0.25, 0.3) is 0 Å². The molecule has 0 aliphatic rings. The van der Waals surface area contributed by atoms with Crippen LogP contribution >= 0.6 is 0 Å². The van der Waals surface area contributed by atoms with Crippen molar-refractivity contribution < 1.29 is 9.84 Å². The van der Waals surface area contributed by atoms with Crippen LogP contribution in [0.4, 0.5) is 5.95 Å². The van der Waals surface area contributed by atoms with Gasteiger partial charge in [-0.2, -0.15) is 5.10 Å². The third-order valence-electron chi connectivity index (χ3n) is 4.76. The van der Waals surface area contributed by atoms with Crippen molar-refractivity contribution in [3.63, 3.8) is 0 Å². The summed E-state index contributed by atoms with van der Waals surface area (Å²) in [6.07, 6.45) is 1.50. The highest BCUT2D eigenvalue weighted by molar-refractivity contribution is 5.85. The first kappa shape index (κ1) is 20.1. The van der Waals surface area contributed by atoms with Crippen LogP contribution < -0.4 is 10.2 Å². The lowest BCUT2D eigenvalue weighted by atomic mass is 10.1. The molecule has 0 aliphatic carbocycles. The largest absolute Gasteiger partial charge is 0.504 e. The van der Waals surface area contributed by atoms with Crippen LogP contribution in [0.3, 0.4) is 0 Å². The molecule has 0 amide bonds. The summed E-state index contributed by atoms with van der Waals surface area (Å²) in [5, 5.41) is 14.4. The highest BCUT2D eigenvalue weighted by Crippen LogP contribution is 2.28. The zero-order chi connectivity index (χ0) is 21.6. The maximum atomic E-state index is 10.2. The van der Waals surface area contributed by atoms with Crippen LogP contribution in [0.5, 0.6) is 11.5 Å². The number of rotatable bonds is 6. The Morgan fingerprint density at radius 3 is 2.23 bits per heavy atom. The highest BCUT2D eigenvalue weighted by atomic mass is 16.5. The topological polar surface area (TPSA) is 79.6 Å². The molecule has 31 heavy (non-hydrogen) atoms. The van der Waals surface area contributed by atoms with Gasteiger partial charge in [0, 0.05) is 16.7 Å². The van der Waals surface area contributed by atoms with Gasteiger partial charge in [-0.1, -0.05) is 66.2 Å². The molecule has 0 atom stereocenters. The van der Waals surface area contributed by atoms with Gasteiger partial charge in [0.1, 0.15) is 0 Å². The molecule has 154 valence electrons. The molecular formula is C25H22N4O2. The fraction of sp³-hybridized carbons (Fsp3) is 0.0800. The number of hydrazone groups is 1. The van der Waals surface area contributed by atoms with E-state index in [0.717, 1.165) is 22.5 Å². The van der Waals surface area contributed by atoms with Crippen molar-refractivity contribution in [2.75, 3.05) is 12.5 Å². The van der Waals surface area contributed by atoms with Gasteiger partial charge in [-0.15, -0.1) is 0 Å². The first-order valence-electron chi connectivity index (χ1n) is 9.80. The number of aromatic hydroxyl groups is 1. The standard InChI is InChI=1S/C25H22N4O2/c1-17-11-13-19(14-12-17)22-15-21(18-7-4-3-5-8-18)27-25(28-22)29-26-16-20-9-6-10-23(31-2)24(20)30/h3-16,30H,1-2H3,(H,27,28,29)/b26-16-. The Morgan fingerprint density at radius 1 is 0.871 bits per heavy atom. The number of aromatic nitrogens is 2. The van der Waals surface area contributed by atoms with Crippen LogP contribution in [-0.2, 0) is 0 Å². The van der Waals surface area contributed by atoms with E-state index >= 15 is 0 Å². The molecule has 6 nitrogen and oxygen atoms in total. The van der Waals surface area contributed by atoms with E-state index in [2.05, 4.69) is 39.6 Å². The molecule has 4 rings (SSSR count). The number of hydrogen-bond donors (Lipinski definition) is 2. The summed E-state index contributed by atoms with van der Waals surface area (Å²) in [5.41, 5.74) is 8.13. The molecule has 2 N–H and O–H groups in total. The summed E-state index contributed by atoms with van der Waals surface area (Å²) in [5.74, 6) is 0.762. The second-order valence-electron chi connectivity index (χ2n) is 6.96. The average molecular weight is 410 g/mol. The molecule has 0 radical (unpaired) electrons. The SMILES string of the molecule is COc1cccc(/C=N\Nc2nc(-c3ccccc3)cc(-c3ccc(C)cc3)n2)c1O. The first-order chi connectivity index (χ1) is 15.1. The summed E-state index contributed by atoms with van der Waals surface area (Å²) < 4.78 is 5.13. The number of anilines is 1. The number of methoxy groups -OCH3 is 1. The van der Waals surface area contributed by atoms with Crippen LogP contribution in [0.1, 0.15) is 11.1 Å². The minimum atomic E-state index is 0.0230. The zero-order valence-corrected chi connectivity index (χ0v) is 17.3. The molecular weight excluding hydrogens is 388 g/mol. The number of nitrogens with zero attached hydrogens (tertiary/aromatic N) is 3. The first-order valence-corrected chi connectivity index (χ1v) is 9.80. The van der Waals surface area contributed by atoms with Crippen molar-refractivity contribution in [3.8, 4) is 34.0 Å². The van der Waals surface area contributed by atoms with Gasteiger partial charge < -0.3 is 9.84 Å². The molecule has 0 fully saturated rings. The Hall–Kier alpha value is -4.19. The predicted octanol–water partition coefficient (Wildman–Crippen LogP) is 5.28. The maximum Gasteiger partial charge on any atom is 0.244 e. The number of hydrogen-bond acceptors (Lipinski definition) is 6.